The minimum absolute atomic E-state index is 0. The molecule has 0 spiro atoms. The number of rotatable bonds is 0. The Bertz CT molecular complexity index is 196. The van der Waals surface area contributed by atoms with Crippen molar-refractivity contribution in [3.63, 3.8) is 0 Å². The summed E-state index contributed by atoms with van der Waals surface area (Å²) in [5.74, 6) is 0. The van der Waals surface area contributed by atoms with Crippen molar-refractivity contribution >= 4 is 10.2 Å². The third-order valence-electron chi connectivity index (χ3n) is 2.15. The van der Waals surface area contributed by atoms with Crippen LogP contribution in [0.25, 0.3) is 0 Å². The van der Waals surface area contributed by atoms with Gasteiger partial charge in [-0.2, -0.15) is 23.3 Å². The first kappa shape index (κ1) is 25.1. The molecule has 0 atom stereocenters. The molecular formula is C10H16Cl3SiTi-2. The quantitative estimate of drug-likeness (QED) is 0.329. The Hall–Kier alpha value is 1.15. The van der Waals surface area contributed by atoms with Crippen LogP contribution in [0.1, 0.15) is 24.0 Å². The van der Waals surface area contributed by atoms with E-state index in [1.54, 1.807) is 11.1 Å². The van der Waals surface area contributed by atoms with E-state index in [1.165, 1.54) is 25.7 Å². The summed E-state index contributed by atoms with van der Waals surface area (Å²) in [5, 5.41) is 0. The fourth-order valence-electron chi connectivity index (χ4n) is 1.61. The van der Waals surface area contributed by atoms with Crippen molar-refractivity contribution in [1.29, 1.82) is 0 Å². The van der Waals surface area contributed by atoms with Gasteiger partial charge in [0, 0.05) is 0 Å². The van der Waals surface area contributed by atoms with Crippen LogP contribution in [0.4, 0.5) is 0 Å². The Labute approximate surface area is 130 Å². The molecule has 1 aromatic carbocycles. The second kappa shape index (κ2) is 15.2. The molecule has 0 fully saturated rings. The van der Waals surface area contributed by atoms with Crippen molar-refractivity contribution in [1.82, 2.24) is 0 Å². The van der Waals surface area contributed by atoms with E-state index in [0.717, 1.165) is 10.2 Å². The van der Waals surface area contributed by atoms with E-state index in [-0.39, 0.29) is 58.9 Å². The van der Waals surface area contributed by atoms with Crippen LogP contribution in [0.2, 0.25) is 0 Å². The molecule has 87 valence electrons. The van der Waals surface area contributed by atoms with Crippen LogP contribution in [0.5, 0.6) is 0 Å². The van der Waals surface area contributed by atoms with Gasteiger partial charge in [0.1, 0.15) is 0 Å². The summed E-state index contributed by atoms with van der Waals surface area (Å²) in [6.07, 6.45) is 5.44. The minimum Gasteiger partial charge on any atom is -1.00 e. The largest absolute Gasteiger partial charge is 3.00 e. The van der Waals surface area contributed by atoms with Crippen LogP contribution < -0.4 is 37.2 Å². The smallest absolute Gasteiger partial charge is 1.00 e. The van der Waals surface area contributed by atoms with E-state index < -0.39 is 0 Å². The van der Waals surface area contributed by atoms with E-state index in [2.05, 4.69) is 24.7 Å². The number of fused-ring (bicyclic) bond motifs is 1. The van der Waals surface area contributed by atoms with Gasteiger partial charge in [0.15, 0.2) is 0 Å². The molecule has 0 amide bonds. The van der Waals surface area contributed by atoms with Gasteiger partial charge in [-0.15, -0.1) is 10.2 Å². The van der Waals surface area contributed by atoms with Gasteiger partial charge in [-0.05, 0) is 0 Å². The monoisotopic (exact) mass is 317 g/mol. The Morgan fingerprint density at radius 1 is 1.07 bits per heavy atom. The first-order valence-electron chi connectivity index (χ1n) is 4.41. The van der Waals surface area contributed by atoms with Gasteiger partial charge >= 0.3 is 21.7 Å². The molecule has 2 rings (SSSR count). The van der Waals surface area contributed by atoms with Gasteiger partial charge in [-0.25, -0.2) is 6.07 Å². The SMILES string of the molecule is [CH2-][SiH3].[Cl-].[Cl-].[Cl-].[Ti+3].c1cc2c([cH-]1)CCCC2. The second-order valence-corrected chi connectivity index (χ2v) is 2.78. The molecule has 0 nitrogen and oxygen atoms in total. The molecule has 0 aliphatic heterocycles. The van der Waals surface area contributed by atoms with E-state index >= 15 is 0 Å². The maximum absolute atomic E-state index is 3.39. The average molecular weight is 319 g/mol. The zero-order valence-electron chi connectivity index (χ0n) is 8.90. The number of hydrogen-bond acceptors (Lipinski definition) is 0. The second-order valence-electron chi connectivity index (χ2n) is 2.78. The first-order valence-corrected chi connectivity index (χ1v) is 5.82. The summed E-state index contributed by atoms with van der Waals surface area (Å²) in [4.78, 5) is 0. The molecule has 0 saturated heterocycles. The van der Waals surface area contributed by atoms with E-state index in [1.807, 2.05) is 0 Å². The fourth-order valence-corrected chi connectivity index (χ4v) is 1.61. The van der Waals surface area contributed by atoms with Crippen molar-refractivity contribution in [3.05, 3.63) is 35.9 Å². The zero-order valence-corrected chi connectivity index (χ0v) is 14.7. The molecule has 1 aliphatic rings. The van der Waals surface area contributed by atoms with Crippen molar-refractivity contribution in [2.24, 2.45) is 0 Å². The van der Waals surface area contributed by atoms with Crippen molar-refractivity contribution in [2.45, 2.75) is 25.7 Å². The van der Waals surface area contributed by atoms with Crippen LogP contribution in [-0.4, -0.2) is 10.2 Å². The van der Waals surface area contributed by atoms with E-state index in [9.17, 15) is 0 Å². The molecular weight excluding hydrogens is 302 g/mol. The van der Waals surface area contributed by atoms with Gasteiger partial charge in [0.25, 0.3) is 0 Å². The topological polar surface area (TPSA) is 0 Å². The average Bonchev–Trinajstić information content (AvgIpc) is 2.55. The molecule has 1 radical (unpaired) electrons. The number of hydrogen-bond donors (Lipinski definition) is 0. The van der Waals surface area contributed by atoms with Crippen LogP contribution in [0, 0.1) is 6.55 Å². The summed E-state index contributed by atoms with van der Waals surface area (Å²) in [7, 11) is 1.06. The number of halogens is 3. The van der Waals surface area contributed by atoms with E-state index in [4.69, 9.17) is 0 Å². The Balaban J connectivity index is -0.0000000959. The van der Waals surface area contributed by atoms with Crippen molar-refractivity contribution in [2.75, 3.05) is 0 Å². The molecule has 0 aromatic heterocycles. The van der Waals surface area contributed by atoms with Gasteiger partial charge in [0.2, 0.25) is 0 Å². The molecule has 0 bridgehead atoms. The number of aryl methyl sites for hydroxylation is 2. The first-order chi connectivity index (χ1) is 5.47. The summed E-state index contributed by atoms with van der Waals surface area (Å²) in [6.45, 7) is 3.39. The maximum Gasteiger partial charge on any atom is 3.00 e. The molecule has 0 saturated carbocycles. The molecule has 5 heteroatoms. The molecule has 1 aromatic rings. The molecule has 0 N–H and O–H groups in total. The Morgan fingerprint density at radius 2 is 1.60 bits per heavy atom. The standard InChI is InChI=1S/C9H11.CH5Si.3ClH.Ti/c1-2-5-9-7-3-6-8(9)4-1;1-2;;;;/h3,6-7H,1-2,4-5H2;1H2,2H3;3*1H;/q2*-1;;;;+3/p-3. The van der Waals surface area contributed by atoms with Crippen LogP contribution >= 0.6 is 0 Å². The molecule has 15 heavy (non-hydrogen) atoms. The summed E-state index contributed by atoms with van der Waals surface area (Å²) < 4.78 is 0. The summed E-state index contributed by atoms with van der Waals surface area (Å²) in [5.41, 5.74) is 3.20. The summed E-state index contributed by atoms with van der Waals surface area (Å²) in [6, 6.07) is 6.69. The normalized spacial score (nSPS) is 11.0. The Kier molecular flexibility index (Phi) is 25.4. The molecule has 0 heterocycles. The third-order valence-corrected chi connectivity index (χ3v) is 2.15. The van der Waals surface area contributed by atoms with Crippen molar-refractivity contribution in [3.8, 4) is 0 Å². The van der Waals surface area contributed by atoms with Gasteiger partial charge < -0.3 is 43.8 Å². The predicted molar refractivity (Wildman–Crippen MR) is 54.0 cm³/mol. The van der Waals surface area contributed by atoms with Crippen LogP contribution in [-0.2, 0) is 34.6 Å². The minimum atomic E-state index is 0. The van der Waals surface area contributed by atoms with Crippen LogP contribution in [0.15, 0.2) is 18.2 Å². The van der Waals surface area contributed by atoms with Gasteiger partial charge in [-0.3, -0.25) is 0 Å². The maximum atomic E-state index is 3.39. The van der Waals surface area contributed by atoms with E-state index in [0.29, 0.717) is 0 Å². The molecule has 0 unspecified atom stereocenters. The molecule has 1 aliphatic carbocycles. The Morgan fingerprint density at radius 3 is 2.13 bits per heavy atom. The predicted octanol–water partition coefficient (Wildman–Crippen LogP) is -7.56. The zero-order chi connectivity index (χ0) is 8.10. The third kappa shape index (κ3) is 7.95. The van der Waals surface area contributed by atoms with Gasteiger partial charge in [-0.1, -0.05) is 25.7 Å². The van der Waals surface area contributed by atoms with Gasteiger partial charge in [0.05, 0.1) is 0 Å². The van der Waals surface area contributed by atoms with Crippen molar-refractivity contribution < 1.29 is 58.9 Å². The van der Waals surface area contributed by atoms with Crippen LogP contribution in [0.3, 0.4) is 0 Å². The fraction of sp³-hybridized carbons (Fsp3) is 0.400. The summed E-state index contributed by atoms with van der Waals surface area (Å²) >= 11 is 0.